The summed E-state index contributed by atoms with van der Waals surface area (Å²) in [7, 11) is 2.92. The third-order valence-electron chi connectivity index (χ3n) is 3.13. The Hall–Kier alpha value is -1.60. The molecular formula is C14H19F3N2O2. The highest BCUT2D eigenvalue weighted by Crippen LogP contribution is 2.31. The molecule has 0 aliphatic rings. The highest BCUT2D eigenvalue weighted by molar-refractivity contribution is 5.81. The molecule has 7 heteroatoms. The number of carbonyl (C=O) groups excluding carboxylic acids is 1. The molecule has 1 aromatic carbocycles. The van der Waals surface area contributed by atoms with Crippen LogP contribution in [0.2, 0.25) is 0 Å². The largest absolute Gasteiger partial charge is 0.416 e. The van der Waals surface area contributed by atoms with Crippen LogP contribution in [0.15, 0.2) is 24.3 Å². The lowest BCUT2D eigenvalue weighted by Gasteiger charge is -2.29. The van der Waals surface area contributed by atoms with E-state index in [1.165, 1.54) is 38.1 Å². The van der Waals surface area contributed by atoms with E-state index < -0.39 is 23.8 Å². The monoisotopic (exact) mass is 304 g/mol. The third-order valence-corrected chi connectivity index (χ3v) is 3.13. The highest BCUT2D eigenvalue weighted by atomic mass is 19.4. The van der Waals surface area contributed by atoms with E-state index in [0.717, 1.165) is 12.1 Å². The maximum Gasteiger partial charge on any atom is 0.416 e. The molecule has 0 aliphatic carbocycles. The SMILES string of the molecule is COCC(c1cccc(C(F)(F)F)c1)N(C)C(=O)[C@@H](C)N. The number of nitrogens with two attached hydrogens (primary N) is 1. The van der Waals surface area contributed by atoms with Crippen LogP contribution in [-0.2, 0) is 15.7 Å². The number of hydrogen-bond donors (Lipinski definition) is 1. The van der Waals surface area contributed by atoms with Gasteiger partial charge in [-0.3, -0.25) is 4.79 Å². The second-order valence-electron chi connectivity index (χ2n) is 4.83. The Bertz CT molecular complexity index is 489. The molecule has 0 aliphatic heterocycles. The van der Waals surface area contributed by atoms with Crippen molar-refractivity contribution < 1.29 is 22.7 Å². The van der Waals surface area contributed by atoms with Gasteiger partial charge in [-0.15, -0.1) is 0 Å². The average Bonchev–Trinajstić information content (AvgIpc) is 2.42. The minimum Gasteiger partial charge on any atom is -0.382 e. The molecule has 118 valence electrons. The van der Waals surface area contributed by atoms with Gasteiger partial charge in [-0.2, -0.15) is 13.2 Å². The summed E-state index contributed by atoms with van der Waals surface area (Å²) in [4.78, 5) is 13.2. The molecule has 1 aromatic rings. The molecule has 0 saturated heterocycles. The Morgan fingerprint density at radius 2 is 2.05 bits per heavy atom. The number of carbonyl (C=O) groups is 1. The number of ether oxygens (including phenoxy) is 1. The summed E-state index contributed by atoms with van der Waals surface area (Å²) < 4.78 is 43.3. The normalized spacial score (nSPS) is 14.6. The fourth-order valence-corrected chi connectivity index (χ4v) is 1.99. The lowest BCUT2D eigenvalue weighted by molar-refractivity contribution is -0.137. The first-order chi connectivity index (χ1) is 9.68. The quantitative estimate of drug-likeness (QED) is 0.907. The van der Waals surface area contributed by atoms with Crippen molar-refractivity contribution in [1.82, 2.24) is 4.90 Å². The second-order valence-corrected chi connectivity index (χ2v) is 4.83. The first-order valence-corrected chi connectivity index (χ1v) is 6.36. The fraction of sp³-hybridized carbons (Fsp3) is 0.500. The Morgan fingerprint density at radius 3 is 2.52 bits per heavy atom. The number of hydrogen-bond acceptors (Lipinski definition) is 3. The molecule has 21 heavy (non-hydrogen) atoms. The van der Waals surface area contributed by atoms with Gasteiger partial charge in [-0.25, -0.2) is 0 Å². The van der Waals surface area contributed by atoms with Crippen LogP contribution < -0.4 is 5.73 Å². The van der Waals surface area contributed by atoms with E-state index in [0.29, 0.717) is 5.56 Å². The first-order valence-electron chi connectivity index (χ1n) is 6.36. The number of halogens is 3. The van der Waals surface area contributed by atoms with E-state index in [1.807, 2.05) is 0 Å². The van der Waals surface area contributed by atoms with Crippen LogP contribution in [0.4, 0.5) is 13.2 Å². The van der Waals surface area contributed by atoms with Crippen LogP contribution >= 0.6 is 0 Å². The number of likely N-dealkylation sites (N-methyl/N-ethyl adjacent to an activating group) is 1. The molecule has 2 N–H and O–H groups in total. The molecule has 0 bridgehead atoms. The predicted octanol–water partition coefficient (Wildman–Crippen LogP) is 2.20. The number of methoxy groups -OCH3 is 1. The van der Waals surface area contributed by atoms with E-state index in [4.69, 9.17) is 10.5 Å². The summed E-state index contributed by atoms with van der Waals surface area (Å²) >= 11 is 0. The zero-order chi connectivity index (χ0) is 16.2. The van der Waals surface area contributed by atoms with Gasteiger partial charge in [0.1, 0.15) is 0 Å². The van der Waals surface area contributed by atoms with Gasteiger partial charge in [0.25, 0.3) is 0 Å². The molecule has 0 fully saturated rings. The number of alkyl halides is 3. The van der Waals surface area contributed by atoms with E-state index in [-0.39, 0.29) is 12.5 Å². The van der Waals surface area contributed by atoms with Gasteiger partial charge in [0.2, 0.25) is 5.91 Å². The third kappa shape index (κ3) is 4.44. The van der Waals surface area contributed by atoms with Crippen molar-refractivity contribution in [3.63, 3.8) is 0 Å². The van der Waals surface area contributed by atoms with Crippen molar-refractivity contribution >= 4 is 5.91 Å². The van der Waals surface area contributed by atoms with Crippen LogP contribution in [0.5, 0.6) is 0 Å². The summed E-state index contributed by atoms with van der Waals surface area (Å²) in [5.74, 6) is -0.366. The van der Waals surface area contributed by atoms with Crippen LogP contribution in [0, 0.1) is 0 Å². The van der Waals surface area contributed by atoms with Crippen LogP contribution in [-0.4, -0.2) is 37.6 Å². The molecule has 0 aromatic heterocycles. The number of benzene rings is 1. The van der Waals surface area contributed by atoms with E-state index in [9.17, 15) is 18.0 Å². The minimum absolute atomic E-state index is 0.0796. The standard InChI is InChI=1S/C14H19F3N2O2/c1-9(18)13(20)19(2)12(8-21-3)10-5-4-6-11(7-10)14(15,16)17/h4-7,9,12H,8,18H2,1-3H3/t9-,12?/m1/s1. The Morgan fingerprint density at radius 1 is 1.43 bits per heavy atom. The fourth-order valence-electron chi connectivity index (χ4n) is 1.99. The zero-order valence-electron chi connectivity index (χ0n) is 12.1. The Balaban J connectivity index is 3.14. The zero-order valence-corrected chi connectivity index (χ0v) is 12.1. The number of rotatable bonds is 5. The van der Waals surface area contributed by atoms with Gasteiger partial charge in [0, 0.05) is 14.2 Å². The Labute approximate surface area is 121 Å². The lowest BCUT2D eigenvalue weighted by atomic mass is 10.0. The van der Waals surface area contributed by atoms with Crippen molar-refractivity contribution in [1.29, 1.82) is 0 Å². The van der Waals surface area contributed by atoms with Crippen LogP contribution in [0.3, 0.4) is 0 Å². The summed E-state index contributed by atoms with van der Waals surface area (Å²) in [5, 5.41) is 0. The van der Waals surface area contributed by atoms with Gasteiger partial charge in [-0.05, 0) is 24.6 Å². The van der Waals surface area contributed by atoms with Crippen molar-refractivity contribution in [2.45, 2.75) is 25.2 Å². The molecule has 4 nitrogen and oxygen atoms in total. The Kier molecular flexibility index (Phi) is 5.74. The topological polar surface area (TPSA) is 55.6 Å². The second kappa shape index (κ2) is 6.91. The summed E-state index contributed by atoms with van der Waals surface area (Å²) in [6.07, 6.45) is -4.43. The van der Waals surface area contributed by atoms with Crippen molar-refractivity contribution in [3.8, 4) is 0 Å². The van der Waals surface area contributed by atoms with Gasteiger partial charge in [0.05, 0.1) is 24.3 Å². The molecule has 0 heterocycles. The molecule has 1 unspecified atom stereocenters. The predicted molar refractivity (Wildman–Crippen MR) is 72.5 cm³/mol. The van der Waals surface area contributed by atoms with Gasteiger partial charge >= 0.3 is 6.18 Å². The van der Waals surface area contributed by atoms with Crippen molar-refractivity contribution in [3.05, 3.63) is 35.4 Å². The summed E-state index contributed by atoms with van der Waals surface area (Å²) in [6, 6.07) is 3.49. The highest BCUT2D eigenvalue weighted by Gasteiger charge is 2.32. The molecule has 0 spiro atoms. The van der Waals surface area contributed by atoms with Crippen molar-refractivity contribution in [2.75, 3.05) is 20.8 Å². The summed E-state index contributed by atoms with van der Waals surface area (Å²) in [5.41, 5.74) is 5.12. The van der Waals surface area contributed by atoms with Crippen molar-refractivity contribution in [2.24, 2.45) is 5.73 Å². The van der Waals surface area contributed by atoms with Gasteiger partial charge in [-0.1, -0.05) is 12.1 Å². The number of nitrogens with zero attached hydrogens (tertiary/aromatic N) is 1. The molecule has 0 saturated carbocycles. The smallest absolute Gasteiger partial charge is 0.382 e. The molecular weight excluding hydrogens is 285 g/mol. The number of amides is 1. The van der Waals surface area contributed by atoms with Gasteiger partial charge < -0.3 is 15.4 Å². The van der Waals surface area contributed by atoms with Gasteiger partial charge in [0.15, 0.2) is 0 Å². The lowest BCUT2D eigenvalue weighted by Crippen LogP contribution is -2.43. The maximum absolute atomic E-state index is 12.8. The first kappa shape index (κ1) is 17.5. The van der Waals surface area contributed by atoms with Crippen LogP contribution in [0.1, 0.15) is 24.1 Å². The van der Waals surface area contributed by atoms with E-state index in [1.54, 1.807) is 0 Å². The molecule has 2 atom stereocenters. The summed E-state index contributed by atoms with van der Waals surface area (Å²) in [6.45, 7) is 1.60. The molecule has 1 amide bonds. The van der Waals surface area contributed by atoms with E-state index in [2.05, 4.69) is 0 Å². The average molecular weight is 304 g/mol. The maximum atomic E-state index is 12.8. The molecule has 0 radical (unpaired) electrons. The van der Waals surface area contributed by atoms with E-state index >= 15 is 0 Å². The minimum atomic E-state index is -4.43. The molecule has 1 rings (SSSR count). The van der Waals surface area contributed by atoms with Crippen LogP contribution in [0.25, 0.3) is 0 Å².